The average Bonchev–Trinajstić information content (AvgIpc) is 2.55. The predicted octanol–water partition coefficient (Wildman–Crippen LogP) is 3.39. The van der Waals surface area contributed by atoms with Crippen LogP contribution in [0.2, 0.25) is 0 Å². The van der Waals surface area contributed by atoms with E-state index in [0.29, 0.717) is 6.61 Å². The number of ether oxygens (including phenoxy) is 1. The number of carbonyl (C=O) groups is 1. The molecular weight excluding hydrogens is 276 g/mol. The van der Waals surface area contributed by atoms with Crippen molar-refractivity contribution in [3.05, 3.63) is 72.4 Å². The Morgan fingerprint density at radius 2 is 1.73 bits per heavy atom. The van der Waals surface area contributed by atoms with E-state index in [4.69, 9.17) is 4.74 Å². The topological polar surface area (TPSA) is 51.2 Å². The number of anilines is 1. The van der Waals surface area contributed by atoms with Crippen molar-refractivity contribution in [1.82, 2.24) is 4.98 Å². The largest absolute Gasteiger partial charge is 0.365 e. The average molecular weight is 292 g/mol. The van der Waals surface area contributed by atoms with Crippen molar-refractivity contribution in [3.63, 3.8) is 0 Å². The van der Waals surface area contributed by atoms with Crippen LogP contribution < -0.4 is 5.32 Å². The number of rotatable bonds is 5. The van der Waals surface area contributed by atoms with Crippen LogP contribution in [-0.4, -0.2) is 17.5 Å². The van der Waals surface area contributed by atoms with Gasteiger partial charge in [-0.05, 0) is 24.3 Å². The molecule has 0 bridgehead atoms. The van der Waals surface area contributed by atoms with Gasteiger partial charge in [0.25, 0.3) is 0 Å². The van der Waals surface area contributed by atoms with Crippen LogP contribution in [0.15, 0.2) is 66.7 Å². The zero-order chi connectivity index (χ0) is 15.2. The summed E-state index contributed by atoms with van der Waals surface area (Å²) >= 11 is 0. The van der Waals surface area contributed by atoms with E-state index in [1.807, 2.05) is 66.7 Å². The molecule has 4 nitrogen and oxygen atoms in total. The van der Waals surface area contributed by atoms with E-state index < -0.39 is 0 Å². The standard InChI is InChI=1S/C18H16N2O2/c21-18(20-15-7-2-1-3-8-15)13-22-12-16-11-10-14-6-4-5-9-17(14)19-16/h1-11H,12-13H2,(H,20,21). The van der Waals surface area contributed by atoms with Crippen molar-refractivity contribution >= 4 is 22.5 Å². The van der Waals surface area contributed by atoms with Gasteiger partial charge >= 0.3 is 0 Å². The molecule has 22 heavy (non-hydrogen) atoms. The first kappa shape index (κ1) is 14.2. The third-order valence-corrected chi connectivity index (χ3v) is 3.20. The van der Waals surface area contributed by atoms with Gasteiger partial charge in [-0.15, -0.1) is 0 Å². The quantitative estimate of drug-likeness (QED) is 0.784. The van der Waals surface area contributed by atoms with E-state index in [1.165, 1.54) is 0 Å². The molecule has 0 aliphatic heterocycles. The summed E-state index contributed by atoms with van der Waals surface area (Å²) in [4.78, 5) is 16.3. The van der Waals surface area contributed by atoms with Crippen LogP contribution in [-0.2, 0) is 16.1 Å². The number of nitrogens with one attached hydrogen (secondary N) is 1. The van der Waals surface area contributed by atoms with Gasteiger partial charge in [0.1, 0.15) is 6.61 Å². The first-order chi connectivity index (χ1) is 10.8. The summed E-state index contributed by atoms with van der Waals surface area (Å²) < 4.78 is 5.43. The van der Waals surface area contributed by atoms with Crippen molar-refractivity contribution in [2.24, 2.45) is 0 Å². The zero-order valence-electron chi connectivity index (χ0n) is 12.0. The molecule has 2 aromatic carbocycles. The van der Waals surface area contributed by atoms with Gasteiger partial charge < -0.3 is 10.1 Å². The van der Waals surface area contributed by atoms with Gasteiger partial charge in [-0.2, -0.15) is 0 Å². The maximum Gasteiger partial charge on any atom is 0.250 e. The number of aromatic nitrogens is 1. The Kier molecular flexibility index (Phi) is 4.41. The molecule has 0 aliphatic rings. The Morgan fingerprint density at radius 1 is 0.955 bits per heavy atom. The fourth-order valence-corrected chi connectivity index (χ4v) is 2.16. The molecule has 0 fully saturated rings. The highest BCUT2D eigenvalue weighted by molar-refractivity contribution is 5.91. The number of amides is 1. The zero-order valence-corrected chi connectivity index (χ0v) is 12.0. The van der Waals surface area contributed by atoms with E-state index in [1.54, 1.807) is 0 Å². The normalized spacial score (nSPS) is 10.5. The fraction of sp³-hybridized carbons (Fsp3) is 0.111. The summed E-state index contributed by atoms with van der Waals surface area (Å²) in [6.45, 7) is 0.316. The number of hydrogen-bond donors (Lipinski definition) is 1. The van der Waals surface area contributed by atoms with Crippen molar-refractivity contribution in [3.8, 4) is 0 Å². The van der Waals surface area contributed by atoms with E-state index in [9.17, 15) is 4.79 Å². The number of pyridine rings is 1. The monoisotopic (exact) mass is 292 g/mol. The first-order valence-corrected chi connectivity index (χ1v) is 7.08. The summed E-state index contributed by atoms with van der Waals surface area (Å²) in [5.74, 6) is -0.174. The number of para-hydroxylation sites is 2. The van der Waals surface area contributed by atoms with Crippen molar-refractivity contribution in [2.45, 2.75) is 6.61 Å². The van der Waals surface area contributed by atoms with Gasteiger partial charge in [-0.3, -0.25) is 9.78 Å². The highest BCUT2D eigenvalue weighted by Gasteiger charge is 2.03. The SMILES string of the molecule is O=C(COCc1ccc2ccccc2n1)Nc1ccccc1. The highest BCUT2D eigenvalue weighted by Crippen LogP contribution is 2.12. The molecule has 110 valence electrons. The Bertz CT molecular complexity index is 772. The Hall–Kier alpha value is -2.72. The number of benzene rings is 2. The summed E-state index contributed by atoms with van der Waals surface area (Å²) in [5, 5.41) is 3.86. The van der Waals surface area contributed by atoms with Crippen LogP contribution in [0.4, 0.5) is 5.69 Å². The summed E-state index contributed by atoms with van der Waals surface area (Å²) in [7, 11) is 0. The van der Waals surface area contributed by atoms with Crippen molar-refractivity contribution in [2.75, 3.05) is 11.9 Å². The molecule has 1 heterocycles. The van der Waals surface area contributed by atoms with Gasteiger partial charge in [-0.25, -0.2) is 0 Å². The maximum atomic E-state index is 11.8. The van der Waals surface area contributed by atoms with Gasteiger partial charge in [-0.1, -0.05) is 42.5 Å². The van der Waals surface area contributed by atoms with E-state index in [-0.39, 0.29) is 12.5 Å². The number of fused-ring (bicyclic) bond motifs is 1. The van der Waals surface area contributed by atoms with Crippen LogP contribution >= 0.6 is 0 Å². The van der Waals surface area contributed by atoms with E-state index in [2.05, 4.69) is 10.3 Å². The van der Waals surface area contributed by atoms with Gasteiger partial charge in [0.15, 0.2) is 0 Å². The van der Waals surface area contributed by atoms with Crippen molar-refractivity contribution in [1.29, 1.82) is 0 Å². The minimum atomic E-state index is -0.174. The van der Waals surface area contributed by atoms with Crippen LogP contribution in [0.1, 0.15) is 5.69 Å². The van der Waals surface area contributed by atoms with E-state index >= 15 is 0 Å². The Labute approximate surface area is 128 Å². The lowest BCUT2D eigenvalue weighted by molar-refractivity contribution is -0.121. The lowest BCUT2D eigenvalue weighted by Crippen LogP contribution is -2.18. The first-order valence-electron chi connectivity index (χ1n) is 7.08. The molecule has 4 heteroatoms. The predicted molar refractivity (Wildman–Crippen MR) is 86.5 cm³/mol. The fourth-order valence-electron chi connectivity index (χ4n) is 2.16. The molecule has 0 unspecified atom stereocenters. The molecule has 1 aromatic heterocycles. The molecule has 0 spiro atoms. The van der Waals surface area contributed by atoms with Gasteiger partial charge in [0.2, 0.25) is 5.91 Å². The highest BCUT2D eigenvalue weighted by atomic mass is 16.5. The van der Waals surface area contributed by atoms with Crippen molar-refractivity contribution < 1.29 is 9.53 Å². The summed E-state index contributed by atoms with van der Waals surface area (Å²) in [6, 6.07) is 21.1. The van der Waals surface area contributed by atoms with E-state index in [0.717, 1.165) is 22.3 Å². The molecule has 3 rings (SSSR count). The van der Waals surface area contributed by atoms with Gasteiger partial charge in [0.05, 0.1) is 17.8 Å². The lowest BCUT2D eigenvalue weighted by Gasteiger charge is -2.06. The molecule has 0 radical (unpaired) electrons. The van der Waals surface area contributed by atoms with Crippen LogP contribution in [0, 0.1) is 0 Å². The number of hydrogen-bond acceptors (Lipinski definition) is 3. The third kappa shape index (κ3) is 3.68. The minimum absolute atomic E-state index is 0.00337. The molecule has 0 saturated heterocycles. The number of nitrogens with zero attached hydrogens (tertiary/aromatic N) is 1. The molecule has 0 atom stereocenters. The lowest BCUT2D eigenvalue weighted by atomic mass is 10.2. The molecular formula is C18H16N2O2. The summed E-state index contributed by atoms with van der Waals surface area (Å²) in [5.41, 5.74) is 2.50. The summed E-state index contributed by atoms with van der Waals surface area (Å²) in [6.07, 6.45) is 0. The van der Waals surface area contributed by atoms with Crippen LogP contribution in [0.25, 0.3) is 10.9 Å². The molecule has 0 aliphatic carbocycles. The molecule has 1 N–H and O–H groups in total. The molecule has 3 aromatic rings. The second-order valence-corrected chi connectivity index (χ2v) is 4.90. The second kappa shape index (κ2) is 6.83. The van der Waals surface area contributed by atoms with Crippen LogP contribution in [0.5, 0.6) is 0 Å². The molecule has 1 amide bonds. The minimum Gasteiger partial charge on any atom is -0.365 e. The molecule has 0 saturated carbocycles. The van der Waals surface area contributed by atoms with Crippen LogP contribution in [0.3, 0.4) is 0 Å². The smallest absolute Gasteiger partial charge is 0.250 e. The Morgan fingerprint density at radius 3 is 2.59 bits per heavy atom. The Balaban J connectivity index is 1.52. The number of carbonyl (C=O) groups excluding carboxylic acids is 1. The van der Waals surface area contributed by atoms with Gasteiger partial charge in [0, 0.05) is 11.1 Å². The third-order valence-electron chi connectivity index (χ3n) is 3.20. The maximum absolute atomic E-state index is 11.8. The second-order valence-electron chi connectivity index (χ2n) is 4.90.